The first-order chi connectivity index (χ1) is 6.31. The van der Waals surface area contributed by atoms with Crippen molar-refractivity contribution in [1.29, 1.82) is 0 Å². The normalized spacial score (nSPS) is 10.9. The number of rotatable bonds is 5. The molecule has 2 amide bonds. The van der Waals surface area contributed by atoms with E-state index in [1.165, 1.54) is 6.92 Å². The van der Waals surface area contributed by atoms with Crippen LogP contribution in [-0.4, -0.2) is 30.9 Å². The Morgan fingerprint density at radius 1 is 1.21 bits per heavy atom. The van der Waals surface area contributed by atoms with E-state index in [9.17, 15) is 9.59 Å². The zero-order chi connectivity index (χ0) is 11.2. The Bertz CT molecular complexity index is 220. The average Bonchev–Trinajstić information content (AvgIpc) is 1.98. The van der Waals surface area contributed by atoms with Gasteiger partial charge >= 0.3 is 6.00 Å². The van der Waals surface area contributed by atoms with E-state index in [0.717, 1.165) is 0 Å². The first-order valence-corrected chi connectivity index (χ1v) is 9.13. The predicted octanol–water partition coefficient (Wildman–Crippen LogP) is 0.894. The highest BCUT2D eigenvalue weighted by Crippen LogP contribution is 2.23. The summed E-state index contributed by atoms with van der Waals surface area (Å²) in [6, 6.07) is -2.29. The lowest BCUT2D eigenvalue weighted by atomic mass is 10.5. The van der Waals surface area contributed by atoms with Gasteiger partial charge in [-0.05, 0) is 0 Å². The van der Waals surface area contributed by atoms with Crippen LogP contribution in [0.25, 0.3) is 0 Å². The second-order valence-corrected chi connectivity index (χ2v) is 11.9. The molecule has 2 N–H and O–H groups in total. The minimum absolute atomic E-state index is 0.0449. The molecule has 0 aliphatic rings. The Hall–Kier alpha value is 0.0269. The van der Waals surface area contributed by atoms with Gasteiger partial charge in [0.1, 0.15) is 0 Å². The molecule has 0 radical (unpaired) electrons. The van der Waals surface area contributed by atoms with Gasteiger partial charge in [0.2, 0.25) is 11.8 Å². The molecule has 0 unspecified atom stereocenters. The third-order valence-corrected chi connectivity index (χ3v) is 3.75. The third kappa shape index (κ3) is 10.1. The van der Waals surface area contributed by atoms with Crippen LogP contribution in [0.2, 0.25) is 6.04 Å². The van der Waals surface area contributed by atoms with Crippen LogP contribution in [0.1, 0.15) is 6.92 Å². The molecule has 0 atom stereocenters. The minimum atomic E-state index is -2.65. The zero-order valence-corrected chi connectivity index (χ0v) is 10.8. The molecule has 0 spiro atoms. The summed E-state index contributed by atoms with van der Waals surface area (Å²) in [6.07, 6.45) is 0. The largest absolute Gasteiger partial charge is 0.355 e. The zero-order valence-electron chi connectivity index (χ0n) is 7.57. The fourth-order valence-electron chi connectivity index (χ4n) is 0.611. The molecule has 0 fully saturated rings. The van der Waals surface area contributed by atoms with Crippen molar-refractivity contribution in [2.75, 3.05) is 13.1 Å². The number of amides is 2. The summed E-state index contributed by atoms with van der Waals surface area (Å²) < 4.78 is 0. The molecule has 0 aliphatic carbocycles. The number of carbonyl (C=O) groups excluding carboxylic acids is 2. The molecule has 0 aromatic carbocycles. The molecule has 0 saturated heterocycles. The monoisotopic (exact) mass is 276 g/mol. The van der Waals surface area contributed by atoms with Gasteiger partial charge in [0.15, 0.2) is 0 Å². The molecule has 4 nitrogen and oxygen atoms in total. The average molecular weight is 278 g/mol. The second-order valence-electron chi connectivity index (χ2n) is 2.62. The molecule has 8 heteroatoms. The smallest absolute Gasteiger partial charge is 0.343 e. The third-order valence-electron chi connectivity index (χ3n) is 1.23. The minimum Gasteiger partial charge on any atom is -0.355 e. The van der Waals surface area contributed by atoms with Crippen molar-refractivity contribution in [3.63, 3.8) is 0 Å². The van der Waals surface area contributed by atoms with Crippen molar-refractivity contribution in [2.24, 2.45) is 0 Å². The Morgan fingerprint density at radius 2 is 1.79 bits per heavy atom. The maximum absolute atomic E-state index is 11.0. The van der Waals surface area contributed by atoms with Gasteiger partial charge in [0.05, 0.1) is 6.54 Å². The van der Waals surface area contributed by atoms with Crippen molar-refractivity contribution < 1.29 is 9.59 Å². The first-order valence-electron chi connectivity index (χ1n) is 3.89. The summed E-state index contributed by atoms with van der Waals surface area (Å²) in [5, 5.41) is 4.88. The molecule has 0 aromatic rings. The van der Waals surface area contributed by atoms with Crippen LogP contribution in [-0.2, 0) is 9.59 Å². The Kier molecular flexibility index (Phi) is 6.51. The number of hydrogen-bond acceptors (Lipinski definition) is 2. The second kappa shape index (κ2) is 6.50. The van der Waals surface area contributed by atoms with Gasteiger partial charge in [0, 0.05) is 19.5 Å². The predicted molar refractivity (Wildman–Crippen MR) is 59.8 cm³/mol. The lowest BCUT2D eigenvalue weighted by molar-refractivity contribution is -0.124. The number of nitrogens with one attached hydrogen (secondary N) is 2. The van der Waals surface area contributed by atoms with Crippen LogP contribution in [0, 0.1) is 0 Å². The highest BCUT2D eigenvalue weighted by molar-refractivity contribution is 7.64. The molecule has 0 heterocycles. The molecule has 0 aliphatic heterocycles. The van der Waals surface area contributed by atoms with E-state index in [0.29, 0.717) is 12.6 Å². The fraction of sp³-hybridized carbons (Fsp3) is 0.667. The van der Waals surface area contributed by atoms with Crippen molar-refractivity contribution in [1.82, 2.24) is 10.6 Å². The van der Waals surface area contributed by atoms with Gasteiger partial charge in [-0.15, -0.1) is 33.2 Å². The summed E-state index contributed by atoms with van der Waals surface area (Å²) in [5.74, 6) is -0.542. The number of carbonyl (C=O) groups is 2. The van der Waals surface area contributed by atoms with Gasteiger partial charge < -0.3 is 10.6 Å². The van der Waals surface area contributed by atoms with Gasteiger partial charge in [-0.25, -0.2) is 0 Å². The maximum Gasteiger partial charge on any atom is 0.343 e. The van der Waals surface area contributed by atoms with Gasteiger partial charge in [-0.2, -0.15) is 0 Å². The molecule has 0 aromatic heterocycles. The van der Waals surface area contributed by atoms with Crippen LogP contribution >= 0.6 is 33.2 Å². The summed E-state index contributed by atoms with van der Waals surface area (Å²) in [6.45, 7) is 1.61. The molecule has 0 bridgehead atoms. The number of halogens is 3. The standard InChI is InChI=1S/C6H11Cl3N2O2Si/c1-5(12)11-4-6(13)10-2-3-14(7,8)9/h2-4H2,1H3,(H,10,13)(H,11,12). The fourth-order valence-corrected chi connectivity index (χ4v) is 1.87. The number of hydrogen-bond donors (Lipinski definition) is 2. The quantitative estimate of drug-likeness (QED) is 0.579. The molecule has 82 valence electrons. The maximum atomic E-state index is 11.0. The SMILES string of the molecule is CC(=O)NCC(=O)NCC[Si](Cl)(Cl)Cl. The summed E-state index contributed by atoms with van der Waals surface area (Å²) >= 11 is 16.8. The highest BCUT2D eigenvalue weighted by atomic mass is 35.8. The van der Waals surface area contributed by atoms with E-state index in [1.54, 1.807) is 0 Å². The van der Waals surface area contributed by atoms with Crippen molar-refractivity contribution in [2.45, 2.75) is 13.0 Å². The molecule has 14 heavy (non-hydrogen) atoms. The van der Waals surface area contributed by atoms with Crippen LogP contribution in [0.3, 0.4) is 0 Å². The van der Waals surface area contributed by atoms with E-state index < -0.39 is 6.00 Å². The lowest BCUT2D eigenvalue weighted by Gasteiger charge is -2.08. The Morgan fingerprint density at radius 3 is 2.21 bits per heavy atom. The molecular weight excluding hydrogens is 267 g/mol. The highest BCUT2D eigenvalue weighted by Gasteiger charge is 2.24. The van der Waals surface area contributed by atoms with Crippen molar-refractivity contribution in [3.05, 3.63) is 0 Å². The van der Waals surface area contributed by atoms with Crippen LogP contribution < -0.4 is 10.6 Å². The summed E-state index contributed by atoms with van der Waals surface area (Å²) in [7, 11) is 0. The van der Waals surface area contributed by atoms with Crippen LogP contribution in [0.15, 0.2) is 0 Å². The van der Waals surface area contributed by atoms with Crippen molar-refractivity contribution >= 4 is 51.1 Å². The summed E-state index contributed by atoms with van der Waals surface area (Å²) in [5.41, 5.74) is 0. The van der Waals surface area contributed by atoms with Crippen LogP contribution in [0.5, 0.6) is 0 Å². The first kappa shape index (κ1) is 14.0. The van der Waals surface area contributed by atoms with E-state index in [-0.39, 0.29) is 18.4 Å². The van der Waals surface area contributed by atoms with Gasteiger partial charge in [-0.3, -0.25) is 9.59 Å². The Labute approximate surface area is 97.4 Å². The van der Waals surface area contributed by atoms with E-state index in [2.05, 4.69) is 10.6 Å². The van der Waals surface area contributed by atoms with Crippen LogP contribution in [0.4, 0.5) is 0 Å². The topological polar surface area (TPSA) is 58.2 Å². The molecule has 0 saturated carbocycles. The van der Waals surface area contributed by atoms with E-state index in [4.69, 9.17) is 33.2 Å². The molecular formula is C6H11Cl3N2O2Si. The van der Waals surface area contributed by atoms with E-state index in [1.807, 2.05) is 0 Å². The lowest BCUT2D eigenvalue weighted by Crippen LogP contribution is -2.37. The van der Waals surface area contributed by atoms with Gasteiger partial charge in [0.25, 0.3) is 0 Å². The van der Waals surface area contributed by atoms with E-state index >= 15 is 0 Å². The Balaban J connectivity index is 3.50. The molecule has 0 rings (SSSR count). The van der Waals surface area contributed by atoms with Gasteiger partial charge in [-0.1, -0.05) is 0 Å². The summed E-state index contributed by atoms with van der Waals surface area (Å²) in [4.78, 5) is 21.4. The van der Waals surface area contributed by atoms with Crippen molar-refractivity contribution in [3.8, 4) is 0 Å².